The predicted octanol–water partition coefficient (Wildman–Crippen LogP) is 3.54. The van der Waals surface area contributed by atoms with Crippen molar-refractivity contribution in [2.45, 2.75) is 16.7 Å². The van der Waals surface area contributed by atoms with Gasteiger partial charge in [0.1, 0.15) is 0 Å². The van der Waals surface area contributed by atoms with Crippen LogP contribution in [0.3, 0.4) is 0 Å². The summed E-state index contributed by atoms with van der Waals surface area (Å²) in [6.45, 7) is 1.72. The molecule has 20 heavy (non-hydrogen) atoms. The van der Waals surface area contributed by atoms with Gasteiger partial charge in [0.25, 0.3) is 0 Å². The van der Waals surface area contributed by atoms with Crippen LogP contribution >= 0.6 is 11.8 Å². The monoisotopic (exact) mass is 288 g/mol. The minimum absolute atomic E-state index is 0.206. The van der Waals surface area contributed by atoms with Crippen molar-refractivity contribution in [2.75, 3.05) is 0 Å². The Balaban J connectivity index is 2.43. The smallest absolute Gasteiger partial charge is 0.336 e. The molecule has 5 heteroatoms. The average molecular weight is 288 g/mol. The normalized spacial score (nSPS) is 10.2. The van der Waals surface area contributed by atoms with E-state index in [-0.39, 0.29) is 11.1 Å². The quantitative estimate of drug-likeness (QED) is 0.900. The van der Waals surface area contributed by atoms with Crippen LogP contribution in [0.4, 0.5) is 0 Å². The van der Waals surface area contributed by atoms with Crippen molar-refractivity contribution >= 4 is 23.7 Å². The molecule has 0 heterocycles. The summed E-state index contributed by atoms with van der Waals surface area (Å²) in [6, 6.07) is 11.6. The zero-order chi connectivity index (χ0) is 14.7. The van der Waals surface area contributed by atoms with Gasteiger partial charge in [0, 0.05) is 9.79 Å². The van der Waals surface area contributed by atoms with Crippen LogP contribution in [-0.2, 0) is 0 Å². The molecule has 0 radical (unpaired) electrons. The molecule has 0 spiro atoms. The lowest BCUT2D eigenvalue weighted by Crippen LogP contribution is -2.01. The van der Waals surface area contributed by atoms with E-state index in [1.165, 1.54) is 23.9 Å². The molecule has 0 aromatic heterocycles. The second-order valence-corrected chi connectivity index (χ2v) is 5.22. The van der Waals surface area contributed by atoms with E-state index in [2.05, 4.69) is 0 Å². The molecule has 0 atom stereocenters. The highest BCUT2D eigenvalue weighted by molar-refractivity contribution is 7.99. The Kier molecular flexibility index (Phi) is 4.10. The summed E-state index contributed by atoms with van der Waals surface area (Å²) in [5, 5.41) is 18.2. The zero-order valence-electron chi connectivity index (χ0n) is 10.7. The fourth-order valence-electron chi connectivity index (χ4n) is 1.81. The van der Waals surface area contributed by atoms with Gasteiger partial charge >= 0.3 is 11.9 Å². The molecule has 2 rings (SSSR count). The molecule has 0 aliphatic heterocycles. The lowest BCUT2D eigenvalue weighted by Gasteiger charge is -2.10. The molecule has 4 nitrogen and oxygen atoms in total. The lowest BCUT2D eigenvalue weighted by molar-refractivity contribution is 0.0683. The number of hydrogen-bond acceptors (Lipinski definition) is 3. The van der Waals surface area contributed by atoms with Gasteiger partial charge in [0.2, 0.25) is 0 Å². The number of aromatic carboxylic acids is 2. The lowest BCUT2D eigenvalue weighted by atomic mass is 10.1. The van der Waals surface area contributed by atoms with Crippen molar-refractivity contribution in [3.05, 3.63) is 59.2 Å². The maximum atomic E-state index is 11.2. The van der Waals surface area contributed by atoms with Crippen LogP contribution in [0.2, 0.25) is 0 Å². The SMILES string of the molecule is Cc1c(Sc2ccccc2C(=O)O)cccc1C(=O)O. The maximum absolute atomic E-state index is 11.2. The summed E-state index contributed by atoms with van der Waals surface area (Å²) in [7, 11) is 0. The molecule has 0 aliphatic carbocycles. The summed E-state index contributed by atoms with van der Waals surface area (Å²) >= 11 is 1.26. The second kappa shape index (κ2) is 5.79. The minimum atomic E-state index is -1.000. The van der Waals surface area contributed by atoms with E-state index < -0.39 is 11.9 Å². The second-order valence-electron chi connectivity index (χ2n) is 4.14. The largest absolute Gasteiger partial charge is 0.478 e. The van der Waals surface area contributed by atoms with Crippen LogP contribution < -0.4 is 0 Å². The maximum Gasteiger partial charge on any atom is 0.336 e. The van der Waals surface area contributed by atoms with Gasteiger partial charge < -0.3 is 10.2 Å². The number of hydrogen-bond donors (Lipinski definition) is 2. The topological polar surface area (TPSA) is 74.6 Å². The molecule has 0 saturated carbocycles. The van der Waals surface area contributed by atoms with Gasteiger partial charge in [0.15, 0.2) is 0 Å². The van der Waals surface area contributed by atoms with Crippen LogP contribution in [0.25, 0.3) is 0 Å². The Morgan fingerprint density at radius 3 is 2.05 bits per heavy atom. The van der Waals surface area contributed by atoms with Crippen molar-refractivity contribution in [3.63, 3.8) is 0 Å². The number of benzene rings is 2. The molecule has 0 fully saturated rings. The van der Waals surface area contributed by atoms with E-state index in [4.69, 9.17) is 10.2 Å². The summed E-state index contributed by atoms with van der Waals surface area (Å²) in [6.07, 6.45) is 0. The molecule has 0 aliphatic rings. The summed E-state index contributed by atoms with van der Waals surface area (Å²) in [4.78, 5) is 23.6. The van der Waals surface area contributed by atoms with Crippen molar-refractivity contribution < 1.29 is 19.8 Å². The van der Waals surface area contributed by atoms with Crippen molar-refractivity contribution in [3.8, 4) is 0 Å². The Hall–Kier alpha value is -2.27. The van der Waals surface area contributed by atoms with E-state index in [9.17, 15) is 9.59 Å². The highest BCUT2D eigenvalue weighted by atomic mass is 32.2. The Labute approximate surface area is 120 Å². The Morgan fingerprint density at radius 2 is 1.40 bits per heavy atom. The molecular weight excluding hydrogens is 276 g/mol. The van der Waals surface area contributed by atoms with Crippen LogP contribution in [0.1, 0.15) is 26.3 Å². The summed E-state index contributed by atoms with van der Waals surface area (Å²) in [5.74, 6) is -1.99. The van der Waals surface area contributed by atoms with Gasteiger partial charge in [-0.3, -0.25) is 0 Å². The highest BCUT2D eigenvalue weighted by Gasteiger charge is 2.14. The minimum Gasteiger partial charge on any atom is -0.478 e. The van der Waals surface area contributed by atoms with Crippen LogP contribution in [0.15, 0.2) is 52.3 Å². The average Bonchev–Trinajstić information content (AvgIpc) is 2.41. The van der Waals surface area contributed by atoms with Gasteiger partial charge in [-0.2, -0.15) is 0 Å². The first-order chi connectivity index (χ1) is 9.50. The predicted molar refractivity (Wildman–Crippen MR) is 75.7 cm³/mol. The number of rotatable bonds is 4. The Bertz CT molecular complexity index is 679. The fraction of sp³-hybridized carbons (Fsp3) is 0.0667. The molecule has 0 amide bonds. The molecule has 0 unspecified atom stereocenters. The molecule has 102 valence electrons. The van der Waals surface area contributed by atoms with E-state index in [1.54, 1.807) is 37.3 Å². The van der Waals surface area contributed by atoms with E-state index in [0.29, 0.717) is 10.5 Å². The zero-order valence-corrected chi connectivity index (χ0v) is 11.5. The van der Waals surface area contributed by atoms with Crippen molar-refractivity contribution in [1.82, 2.24) is 0 Å². The standard InChI is InChI=1S/C15H12O4S/c1-9-10(14(16)17)6-4-8-12(9)20-13-7-3-2-5-11(13)15(18)19/h2-8H,1H3,(H,16,17)(H,18,19). The first-order valence-corrected chi connectivity index (χ1v) is 6.65. The summed E-state index contributed by atoms with van der Waals surface area (Å²) in [5.41, 5.74) is 1.06. The van der Waals surface area contributed by atoms with Crippen molar-refractivity contribution in [1.29, 1.82) is 0 Å². The number of carbonyl (C=O) groups is 2. The molecule has 2 aromatic rings. The van der Waals surface area contributed by atoms with Gasteiger partial charge in [-0.05, 0) is 36.8 Å². The molecular formula is C15H12O4S. The Morgan fingerprint density at radius 1 is 0.850 bits per heavy atom. The fourth-order valence-corrected chi connectivity index (χ4v) is 2.87. The van der Waals surface area contributed by atoms with Gasteiger partial charge in [-0.25, -0.2) is 9.59 Å². The third kappa shape index (κ3) is 2.83. The number of carboxylic acids is 2. The van der Waals surface area contributed by atoms with Crippen LogP contribution in [0.5, 0.6) is 0 Å². The number of carboxylic acid groups (broad SMARTS) is 2. The van der Waals surface area contributed by atoms with Gasteiger partial charge in [-0.15, -0.1) is 0 Å². The van der Waals surface area contributed by atoms with Gasteiger partial charge in [0.05, 0.1) is 11.1 Å². The van der Waals surface area contributed by atoms with Crippen LogP contribution in [0, 0.1) is 6.92 Å². The first-order valence-electron chi connectivity index (χ1n) is 5.84. The highest BCUT2D eigenvalue weighted by Crippen LogP contribution is 2.33. The molecule has 2 N–H and O–H groups in total. The van der Waals surface area contributed by atoms with E-state index >= 15 is 0 Å². The third-order valence-electron chi connectivity index (χ3n) is 2.85. The third-order valence-corrected chi connectivity index (χ3v) is 4.09. The molecule has 0 saturated heterocycles. The summed E-state index contributed by atoms with van der Waals surface area (Å²) < 4.78 is 0. The van der Waals surface area contributed by atoms with E-state index in [1.807, 2.05) is 0 Å². The van der Waals surface area contributed by atoms with E-state index in [0.717, 1.165) is 4.90 Å². The molecule has 2 aromatic carbocycles. The van der Waals surface area contributed by atoms with Crippen molar-refractivity contribution in [2.24, 2.45) is 0 Å². The molecule has 0 bridgehead atoms. The van der Waals surface area contributed by atoms with Crippen LogP contribution in [-0.4, -0.2) is 22.2 Å². The van der Waals surface area contributed by atoms with Gasteiger partial charge in [-0.1, -0.05) is 30.0 Å². The first kappa shape index (κ1) is 14.1.